The van der Waals surface area contributed by atoms with Crippen LogP contribution < -0.4 is 0 Å². The lowest BCUT2D eigenvalue weighted by Gasteiger charge is -2.10. The van der Waals surface area contributed by atoms with Gasteiger partial charge >= 0.3 is 11.9 Å². The topological polar surface area (TPSA) is 98.4 Å². The smallest absolute Gasteiger partial charge is 0.317 e. The Morgan fingerprint density at radius 3 is 1.93 bits per heavy atom. The fourth-order valence-corrected chi connectivity index (χ4v) is 0.773. The maximum Gasteiger partial charge on any atom is 0.317 e. The van der Waals surface area contributed by atoms with Gasteiger partial charge in [0.05, 0.1) is 6.07 Å². The molecule has 0 aromatic carbocycles. The lowest BCUT2D eigenvalue weighted by molar-refractivity contribution is -0.155. The van der Waals surface area contributed by atoms with Crippen molar-refractivity contribution in [1.82, 2.24) is 0 Å². The monoisotopic (exact) mass is 207 g/mol. The number of rotatable bonds is 5. The van der Waals surface area contributed by atoms with Gasteiger partial charge in [-0.1, -0.05) is 0 Å². The first-order chi connectivity index (χ1) is 6.40. The van der Waals surface area contributed by atoms with E-state index in [2.05, 4.69) is 0 Å². The molecule has 0 spiro atoms. The number of aliphatic carboxylic acids is 2. The number of carboxylic acids is 2. The van der Waals surface area contributed by atoms with E-state index in [4.69, 9.17) is 15.5 Å². The third-order valence-corrected chi connectivity index (χ3v) is 1.56. The normalized spacial score (nSPS) is 12.5. The van der Waals surface area contributed by atoms with Crippen molar-refractivity contribution in [2.24, 2.45) is 11.8 Å². The van der Waals surface area contributed by atoms with Gasteiger partial charge in [-0.25, -0.2) is 8.78 Å². The zero-order valence-electron chi connectivity index (χ0n) is 6.85. The number of carbonyl (C=O) groups is 2. The summed E-state index contributed by atoms with van der Waals surface area (Å²) in [7, 11) is 0. The quantitative estimate of drug-likeness (QED) is 0.642. The molecule has 0 aliphatic heterocycles. The Kier molecular flexibility index (Phi) is 4.49. The molecule has 0 heterocycles. The Balaban J connectivity index is 4.52. The van der Waals surface area contributed by atoms with Gasteiger partial charge in [-0.15, -0.1) is 0 Å². The van der Waals surface area contributed by atoms with E-state index in [1.54, 1.807) is 0 Å². The number of hydrogen-bond donors (Lipinski definition) is 2. The summed E-state index contributed by atoms with van der Waals surface area (Å²) in [6.45, 7) is 0. The van der Waals surface area contributed by atoms with Gasteiger partial charge < -0.3 is 10.2 Å². The van der Waals surface area contributed by atoms with Crippen molar-refractivity contribution >= 4 is 11.9 Å². The maximum absolute atomic E-state index is 12.0. The van der Waals surface area contributed by atoms with Crippen LogP contribution in [0.2, 0.25) is 0 Å². The number of alkyl halides is 2. The lowest BCUT2D eigenvalue weighted by atomic mass is 9.96. The summed E-state index contributed by atoms with van der Waals surface area (Å²) in [5, 5.41) is 24.9. The van der Waals surface area contributed by atoms with E-state index in [1.807, 2.05) is 0 Å². The molecule has 0 fully saturated rings. The highest BCUT2D eigenvalue weighted by Crippen LogP contribution is 2.19. The molecule has 7 heteroatoms. The molecule has 2 N–H and O–H groups in total. The first kappa shape index (κ1) is 12.3. The average molecular weight is 207 g/mol. The molecule has 14 heavy (non-hydrogen) atoms. The van der Waals surface area contributed by atoms with E-state index in [9.17, 15) is 18.4 Å². The van der Waals surface area contributed by atoms with E-state index in [0.717, 1.165) is 0 Å². The molecule has 0 saturated heterocycles. The molecule has 5 nitrogen and oxygen atoms in total. The third kappa shape index (κ3) is 3.35. The van der Waals surface area contributed by atoms with Crippen molar-refractivity contribution in [2.45, 2.75) is 12.8 Å². The number of halogens is 2. The Morgan fingerprint density at radius 2 is 1.71 bits per heavy atom. The molecule has 0 bridgehead atoms. The van der Waals surface area contributed by atoms with E-state index in [-0.39, 0.29) is 0 Å². The van der Waals surface area contributed by atoms with Crippen LogP contribution in [0.1, 0.15) is 6.42 Å². The van der Waals surface area contributed by atoms with Crippen molar-refractivity contribution in [2.75, 3.05) is 0 Å². The van der Waals surface area contributed by atoms with Gasteiger partial charge in [0.1, 0.15) is 5.92 Å². The van der Waals surface area contributed by atoms with Crippen LogP contribution in [0.25, 0.3) is 0 Å². The molecule has 1 atom stereocenters. The highest BCUT2D eigenvalue weighted by Gasteiger charge is 2.33. The Morgan fingerprint density at radius 1 is 1.29 bits per heavy atom. The lowest BCUT2D eigenvalue weighted by Crippen LogP contribution is -2.27. The van der Waals surface area contributed by atoms with Gasteiger partial charge in [-0.05, 0) is 6.42 Å². The molecule has 0 rings (SSSR count). The van der Waals surface area contributed by atoms with E-state index in [1.165, 1.54) is 6.07 Å². The molecule has 0 aromatic heterocycles. The second kappa shape index (κ2) is 5.11. The van der Waals surface area contributed by atoms with Crippen molar-refractivity contribution in [3.05, 3.63) is 0 Å². The molecule has 78 valence electrons. The molecule has 0 saturated carbocycles. The van der Waals surface area contributed by atoms with E-state index >= 15 is 0 Å². The molecule has 0 aliphatic rings. The number of nitriles is 1. The van der Waals surface area contributed by atoms with Crippen molar-refractivity contribution in [1.29, 1.82) is 5.26 Å². The van der Waals surface area contributed by atoms with Crippen LogP contribution in [0.15, 0.2) is 0 Å². The van der Waals surface area contributed by atoms with Crippen LogP contribution in [0, 0.1) is 23.2 Å². The summed E-state index contributed by atoms with van der Waals surface area (Å²) < 4.78 is 24.0. The van der Waals surface area contributed by atoms with Crippen LogP contribution in [0.3, 0.4) is 0 Å². The Labute approximate surface area is 77.6 Å². The predicted octanol–water partition coefficient (Wildman–Crippen LogP) is 0.567. The molecule has 1 unspecified atom stereocenters. The first-order valence-corrected chi connectivity index (χ1v) is 3.53. The van der Waals surface area contributed by atoms with Crippen LogP contribution in [-0.4, -0.2) is 28.6 Å². The average Bonchev–Trinajstić information content (AvgIpc) is 2.03. The first-order valence-electron chi connectivity index (χ1n) is 3.53. The molecular formula is C7H7F2NO4. The molecule has 0 radical (unpaired) electrons. The third-order valence-electron chi connectivity index (χ3n) is 1.56. The second-order valence-electron chi connectivity index (χ2n) is 2.53. The van der Waals surface area contributed by atoms with Crippen LogP contribution in [-0.2, 0) is 9.59 Å². The standard InChI is InChI=1S/C7H7F2NO4/c8-5(9)3(2-10)1-4(6(11)12)7(13)14/h3-5H,1H2,(H,11,12)(H,13,14). The number of nitrogens with zero attached hydrogens (tertiary/aromatic N) is 1. The Hall–Kier alpha value is -1.71. The minimum atomic E-state index is -3.04. The molecule has 0 amide bonds. The minimum absolute atomic E-state index is 0.890. The second-order valence-corrected chi connectivity index (χ2v) is 2.53. The van der Waals surface area contributed by atoms with E-state index in [0.29, 0.717) is 0 Å². The zero-order chi connectivity index (χ0) is 11.3. The Bertz CT molecular complexity index is 259. The van der Waals surface area contributed by atoms with Gasteiger partial charge in [-0.2, -0.15) is 5.26 Å². The molecule has 0 aromatic rings. The summed E-state index contributed by atoms with van der Waals surface area (Å²) in [6, 6.07) is 1.17. The maximum atomic E-state index is 12.0. The largest absolute Gasteiger partial charge is 0.481 e. The number of hydrogen-bond acceptors (Lipinski definition) is 3. The highest BCUT2D eigenvalue weighted by atomic mass is 19.3. The van der Waals surface area contributed by atoms with Crippen LogP contribution in [0.4, 0.5) is 8.78 Å². The van der Waals surface area contributed by atoms with Gasteiger partial charge in [0.15, 0.2) is 5.92 Å². The fraction of sp³-hybridized carbons (Fsp3) is 0.571. The highest BCUT2D eigenvalue weighted by molar-refractivity contribution is 5.92. The molecule has 0 aliphatic carbocycles. The number of carboxylic acid groups (broad SMARTS) is 2. The van der Waals surface area contributed by atoms with Crippen molar-refractivity contribution in [3.63, 3.8) is 0 Å². The van der Waals surface area contributed by atoms with Crippen molar-refractivity contribution in [3.8, 4) is 6.07 Å². The summed E-state index contributed by atoms with van der Waals surface area (Å²) in [4.78, 5) is 20.6. The zero-order valence-corrected chi connectivity index (χ0v) is 6.85. The minimum Gasteiger partial charge on any atom is -0.481 e. The summed E-state index contributed by atoms with van der Waals surface area (Å²) in [5.41, 5.74) is 0. The SMILES string of the molecule is N#CC(CC(C(=O)O)C(=O)O)C(F)F. The van der Waals surface area contributed by atoms with Crippen LogP contribution >= 0.6 is 0 Å². The summed E-state index contributed by atoms with van der Waals surface area (Å²) in [5.74, 6) is -7.28. The van der Waals surface area contributed by atoms with Gasteiger partial charge in [0.25, 0.3) is 6.43 Å². The van der Waals surface area contributed by atoms with Crippen LogP contribution in [0.5, 0.6) is 0 Å². The van der Waals surface area contributed by atoms with Gasteiger partial charge in [0.2, 0.25) is 0 Å². The predicted molar refractivity (Wildman–Crippen MR) is 38.5 cm³/mol. The van der Waals surface area contributed by atoms with Gasteiger partial charge in [-0.3, -0.25) is 9.59 Å². The fourth-order valence-electron chi connectivity index (χ4n) is 0.773. The van der Waals surface area contributed by atoms with E-state index < -0.39 is 36.6 Å². The summed E-state index contributed by atoms with van der Waals surface area (Å²) in [6.07, 6.45) is -3.93. The van der Waals surface area contributed by atoms with Gasteiger partial charge in [0, 0.05) is 0 Å². The molecular weight excluding hydrogens is 200 g/mol. The van der Waals surface area contributed by atoms with Crippen molar-refractivity contribution < 1.29 is 28.6 Å². The summed E-state index contributed by atoms with van der Waals surface area (Å²) >= 11 is 0.